The molecule has 0 aliphatic carbocycles. The van der Waals surface area contributed by atoms with Gasteiger partial charge in [0.1, 0.15) is 0 Å². The maximum atomic E-state index is 11.5. The Bertz CT molecular complexity index is 361. The molecule has 1 fully saturated rings. The Hall–Kier alpha value is -0.610. The molecule has 1 unspecified atom stereocenters. The number of nitrogens with one attached hydrogen (secondary N) is 3. The first-order chi connectivity index (χ1) is 11.1. The number of hydrogen-bond acceptors (Lipinski definition) is 4. The maximum absolute atomic E-state index is 11.5. The predicted octanol–water partition coefficient (Wildman–Crippen LogP) is 1.27. The van der Waals surface area contributed by atoms with E-state index in [9.17, 15) is 4.79 Å². The third-order valence-electron chi connectivity index (χ3n) is 3.40. The molecule has 0 aromatic rings. The van der Waals surface area contributed by atoms with Gasteiger partial charge >= 0.3 is 0 Å². The number of ether oxygens (including phenoxy) is 2. The van der Waals surface area contributed by atoms with Crippen LogP contribution in [0.15, 0.2) is 4.99 Å². The van der Waals surface area contributed by atoms with E-state index in [2.05, 4.69) is 20.9 Å². The molecule has 1 rings (SSSR count). The quantitative estimate of drug-likeness (QED) is 0.200. The summed E-state index contributed by atoms with van der Waals surface area (Å²) in [4.78, 5) is 15.7. The van der Waals surface area contributed by atoms with Crippen LogP contribution < -0.4 is 16.0 Å². The zero-order valence-electron chi connectivity index (χ0n) is 15.1. The molecule has 0 radical (unpaired) electrons. The van der Waals surface area contributed by atoms with Crippen molar-refractivity contribution in [3.8, 4) is 0 Å². The Morgan fingerprint density at radius 2 is 2.08 bits per heavy atom. The molecule has 1 aliphatic rings. The second-order valence-corrected chi connectivity index (χ2v) is 5.96. The van der Waals surface area contributed by atoms with E-state index in [4.69, 9.17) is 9.47 Å². The number of hydrogen-bond donors (Lipinski definition) is 3. The number of nitrogens with zero attached hydrogens (tertiary/aromatic N) is 1. The van der Waals surface area contributed by atoms with E-state index in [1.165, 1.54) is 0 Å². The fraction of sp³-hybridized carbons (Fsp3) is 0.875. The summed E-state index contributed by atoms with van der Waals surface area (Å²) in [6, 6.07) is 0.176. The monoisotopic (exact) mass is 456 g/mol. The summed E-state index contributed by atoms with van der Waals surface area (Å²) in [6.07, 6.45) is 3.88. The molecule has 0 aromatic heterocycles. The van der Waals surface area contributed by atoms with Gasteiger partial charge in [0.2, 0.25) is 5.91 Å². The van der Waals surface area contributed by atoms with Crippen molar-refractivity contribution >= 4 is 35.8 Å². The van der Waals surface area contributed by atoms with Crippen molar-refractivity contribution in [2.75, 3.05) is 40.0 Å². The lowest BCUT2D eigenvalue weighted by molar-refractivity contribution is -0.121. The average molecular weight is 456 g/mol. The highest BCUT2D eigenvalue weighted by Crippen LogP contribution is 2.11. The summed E-state index contributed by atoms with van der Waals surface area (Å²) in [5, 5.41) is 9.19. The van der Waals surface area contributed by atoms with Gasteiger partial charge in [0, 0.05) is 45.8 Å². The van der Waals surface area contributed by atoms with Crippen LogP contribution in [-0.2, 0) is 14.3 Å². The van der Waals surface area contributed by atoms with E-state index in [1.807, 2.05) is 13.8 Å². The lowest BCUT2D eigenvalue weighted by Crippen LogP contribution is -2.40. The third-order valence-corrected chi connectivity index (χ3v) is 3.40. The van der Waals surface area contributed by atoms with Gasteiger partial charge in [-0.3, -0.25) is 9.79 Å². The van der Waals surface area contributed by atoms with Crippen molar-refractivity contribution in [2.45, 2.75) is 51.7 Å². The Kier molecular flexibility index (Phi) is 14.3. The number of halogens is 1. The van der Waals surface area contributed by atoms with E-state index < -0.39 is 0 Å². The van der Waals surface area contributed by atoms with Crippen LogP contribution in [0.25, 0.3) is 0 Å². The molecule has 1 aliphatic heterocycles. The standard InChI is InChI=1S/C16H32N4O3.HI/c1-13(2)20-15(21)7-9-19-16(17-3)18-8-5-10-22-12-14-6-4-11-23-14;/h13-14H,4-12H2,1-3H3,(H,20,21)(H2,17,18,19);1H. The van der Waals surface area contributed by atoms with E-state index in [-0.39, 0.29) is 42.0 Å². The van der Waals surface area contributed by atoms with Gasteiger partial charge < -0.3 is 25.4 Å². The summed E-state index contributed by atoms with van der Waals surface area (Å²) < 4.78 is 11.1. The van der Waals surface area contributed by atoms with Crippen LogP contribution in [0.2, 0.25) is 0 Å². The third kappa shape index (κ3) is 11.9. The minimum absolute atomic E-state index is 0. The molecule has 0 saturated carbocycles. The summed E-state index contributed by atoms with van der Waals surface area (Å²) in [7, 11) is 1.72. The molecule has 0 spiro atoms. The molecule has 1 atom stereocenters. The van der Waals surface area contributed by atoms with Gasteiger partial charge in [-0.25, -0.2) is 0 Å². The van der Waals surface area contributed by atoms with E-state index in [0.717, 1.165) is 32.4 Å². The molecule has 3 N–H and O–H groups in total. The van der Waals surface area contributed by atoms with E-state index in [0.29, 0.717) is 32.1 Å². The minimum Gasteiger partial charge on any atom is -0.379 e. The SMILES string of the molecule is CN=C(NCCCOCC1CCCO1)NCCC(=O)NC(C)C.I. The van der Waals surface area contributed by atoms with Crippen LogP contribution >= 0.6 is 24.0 Å². The van der Waals surface area contributed by atoms with Gasteiger partial charge in [-0.2, -0.15) is 0 Å². The highest BCUT2D eigenvalue weighted by molar-refractivity contribution is 14.0. The van der Waals surface area contributed by atoms with Crippen LogP contribution in [-0.4, -0.2) is 64.0 Å². The lowest BCUT2D eigenvalue weighted by atomic mass is 10.2. The van der Waals surface area contributed by atoms with E-state index >= 15 is 0 Å². The molecule has 0 aromatic carbocycles. The second-order valence-electron chi connectivity index (χ2n) is 5.96. The number of aliphatic imine (C=N–C) groups is 1. The smallest absolute Gasteiger partial charge is 0.221 e. The number of guanidine groups is 1. The van der Waals surface area contributed by atoms with Crippen molar-refractivity contribution in [3.63, 3.8) is 0 Å². The van der Waals surface area contributed by atoms with Crippen LogP contribution in [0.4, 0.5) is 0 Å². The highest BCUT2D eigenvalue weighted by atomic mass is 127. The van der Waals surface area contributed by atoms with Crippen LogP contribution in [0.3, 0.4) is 0 Å². The number of amides is 1. The zero-order chi connectivity index (χ0) is 16.9. The molecule has 142 valence electrons. The first-order valence-electron chi connectivity index (χ1n) is 8.55. The largest absolute Gasteiger partial charge is 0.379 e. The van der Waals surface area contributed by atoms with Gasteiger partial charge in [-0.1, -0.05) is 0 Å². The topological polar surface area (TPSA) is 84.0 Å². The minimum atomic E-state index is 0. The van der Waals surface area contributed by atoms with Crippen LogP contribution in [0.1, 0.15) is 39.5 Å². The van der Waals surface area contributed by atoms with Crippen molar-refractivity contribution in [1.82, 2.24) is 16.0 Å². The Morgan fingerprint density at radius 3 is 2.71 bits per heavy atom. The normalized spacial score (nSPS) is 17.5. The van der Waals surface area contributed by atoms with Gasteiger partial charge in [0.15, 0.2) is 5.96 Å². The van der Waals surface area contributed by atoms with Crippen molar-refractivity contribution in [2.24, 2.45) is 4.99 Å². The molecule has 24 heavy (non-hydrogen) atoms. The number of carbonyl (C=O) groups is 1. The Morgan fingerprint density at radius 1 is 1.33 bits per heavy atom. The van der Waals surface area contributed by atoms with Crippen molar-refractivity contribution in [1.29, 1.82) is 0 Å². The number of carbonyl (C=O) groups excluding carboxylic acids is 1. The molecular weight excluding hydrogens is 423 g/mol. The first kappa shape index (κ1) is 23.4. The molecule has 0 bridgehead atoms. The predicted molar refractivity (Wildman–Crippen MR) is 107 cm³/mol. The average Bonchev–Trinajstić information content (AvgIpc) is 3.01. The molecule has 1 amide bonds. The van der Waals surface area contributed by atoms with Crippen molar-refractivity contribution in [3.05, 3.63) is 0 Å². The molecule has 8 heteroatoms. The van der Waals surface area contributed by atoms with Gasteiger partial charge in [-0.05, 0) is 33.1 Å². The van der Waals surface area contributed by atoms with Crippen LogP contribution in [0.5, 0.6) is 0 Å². The highest BCUT2D eigenvalue weighted by Gasteiger charge is 2.14. The maximum Gasteiger partial charge on any atom is 0.221 e. The van der Waals surface area contributed by atoms with Gasteiger partial charge in [-0.15, -0.1) is 24.0 Å². The molecule has 7 nitrogen and oxygen atoms in total. The Balaban J connectivity index is 0.00000529. The summed E-state index contributed by atoms with van der Waals surface area (Å²) in [5.41, 5.74) is 0. The molecule has 1 saturated heterocycles. The number of rotatable bonds is 10. The molecular formula is C16H33IN4O3. The fourth-order valence-corrected chi connectivity index (χ4v) is 2.28. The van der Waals surface area contributed by atoms with Crippen LogP contribution in [0, 0.1) is 0 Å². The Labute approximate surface area is 162 Å². The summed E-state index contributed by atoms with van der Waals surface area (Å²) >= 11 is 0. The van der Waals surface area contributed by atoms with Gasteiger partial charge in [0.25, 0.3) is 0 Å². The first-order valence-corrected chi connectivity index (χ1v) is 8.55. The summed E-state index contributed by atoms with van der Waals surface area (Å²) in [6.45, 7) is 7.52. The van der Waals surface area contributed by atoms with Crippen molar-refractivity contribution < 1.29 is 14.3 Å². The van der Waals surface area contributed by atoms with Gasteiger partial charge in [0.05, 0.1) is 12.7 Å². The molecule has 1 heterocycles. The lowest BCUT2D eigenvalue weighted by Gasteiger charge is -2.13. The van der Waals surface area contributed by atoms with E-state index in [1.54, 1.807) is 7.05 Å². The summed E-state index contributed by atoms with van der Waals surface area (Å²) in [5.74, 6) is 0.756. The second kappa shape index (κ2) is 14.7. The fourth-order valence-electron chi connectivity index (χ4n) is 2.28. The zero-order valence-corrected chi connectivity index (χ0v) is 17.4.